The lowest BCUT2D eigenvalue weighted by Crippen LogP contribution is -2.28. The van der Waals surface area contributed by atoms with Crippen molar-refractivity contribution in [1.82, 2.24) is 0 Å². The van der Waals surface area contributed by atoms with Crippen LogP contribution in [0.25, 0.3) is 0 Å². The highest BCUT2D eigenvalue weighted by molar-refractivity contribution is 9.10. The molecular formula is C19H18BrNO3. The molecule has 1 fully saturated rings. The summed E-state index contributed by atoms with van der Waals surface area (Å²) in [7, 11) is 0. The summed E-state index contributed by atoms with van der Waals surface area (Å²) in [6, 6.07) is 11.7. The highest BCUT2D eigenvalue weighted by atomic mass is 79.9. The minimum absolute atomic E-state index is 0.0312. The molecule has 5 heteroatoms. The molecule has 2 aromatic carbocycles. The number of carbonyl (C=O) groups excluding carboxylic acids is 1. The first-order valence-electron chi connectivity index (χ1n) is 8.06. The molecule has 4 nitrogen and oxygen atoms in total. The van der Waals surface area contributed by atoms with Crippen LogP contribution in [0.3, 0.4) is 0 Å². The SMILES string of the molecule is Cc1ccc(NC(=O)C2(c3ccc4c(c3)OCCO4)CC2)c(Br)c1. The molecule has 1 amide bonds. The van der Waals surface area contributed by atoms with Crippen LogP contribution in [0.2, 0.25) is 0 Å². The average molecular weight is 388 g/mol. The molecule has 0 bridgehead atoms. The second-order valence-electron chi connectivity index (χ2n) is 6.38. The molecule has 2 aliphatic rings. The van der Waals surface area contributed by atoms with E-state index in [1.54, 1.807) is 0 Å². The Hall–Kier alpha value is -2.01. The number of hydrogen-bond donors (Lipinski definition) is 1. The number of fused-ring (bicyclic) bond motifs is 1. The topological polar surface area (TPSA) is 47.6 Å². The van der Waals surface area contributed by atoms with Gasteiger partial charge in [-0.3, -0.25) is 4.79 Å². The first kappa shape index (κ1) is 15.5. The lowest BCUT2D eigenvalue weighted by Gasteiger charge is -2.22. The normalized spacial score (nSPS) is 17.2. The van der Waals surface area contributed by atoms with Gasteiger partial charge in [0, 0.05) is 4.47 Å². The van der Waals surface area contributed by atoms with Crippen molar-refractivity contribution in [3.8, 4) is 11.5 Å². The van der Waals surface area contributed by atoms with E-state index in [2.05, 4.69) is 21.2 Å². The van der Waals surface area contributed by atoms with E-state index < -0.39 is 5.41 Å². The van der Waals surface area contributed by atoms with Gasteiger partial charge in [0.15, 0.2) is 11.5 Å². The third-order valence-electron chi connectivity index (χ3n) is 4.65. The molecule has 1 aliphatic heterocycles. The third-order valence-corrected chi connectivity index (χ3v) is 5.31. The zero-order valence-corrected chi connectivity index (χ0v) is 15.0. The van der Waals surface area contributed by atoms with Crippen molar-refractivity contribution in [3.63, 3.8) is 0 Å². The Kier molecular flexibility index (Phi) is 3.76. The maximum Gasteiger partial charge on any atom is 0.235 e. The average Bonchev–Trinajstić information content (AvgIpc) is 3.39. The van der Waals surface area contributed by atoms with Crippen LogP contribution >= 0.6 is 15.9 Å². The molecule has 0 atom stereocenters. The molecule has 1 N–H and O–H groups in total. The summed E-state index contributed by atoms with van der Waals surface area (Å²) in [5, 5.41) is 3.06. The van der Waals surface area contributed by atoms with E-state index in [0.717, 1.165) is 45.6 Å². The van der Waals surface area contributed by atoms with E-state index >= 15 is 0 Å². The lowest BCUT2D eigenvalue weighted by molar-refractivity contribution is -0.118. The van der Waals surface area contributed by atoms with Crippen molar-refractivity contribution in [2.24, 2.45) is 0 Å². The number of benzene rings is 2. The zero-order valence-electron chi connectivity index (χ0n) is 13.4. The van der Waals surface area contributed by atoms with Crippen LogP contribution in [0.4, 0.5) is 5.69 Å². The molecule has 0 saturated heterocycles. The van der Waals surface area contributed by atoms with Crippen LogP contribution in [0.15, 0.2) is 40.9 Å². The van der Waals surface area contributed by atoms with Crippen LogP contribution in [-0.4, -0.2) is 19.1 Å². The van der Waals surface area contributed by atoms with Gasteiger partial charge in [-0.05, 0) is 71.1 Å². The predicted octanol–water partition coefficient (Wildman–Crippen LogP) is 4.20. The summed E-state index contributed by atoms with van der Waals surface area (Å²) < 4.78 is 12.1. The van der Waals surface area contributed by atoms with E-state index in [4.69, 9.17) is 9.47 Å². The van der Waals surface area contributed by atoms with Crippen molar-refractivity contribution < 1.29 is 14.3 Å². The molecule has 24 heavy (non-hydrogen) atoms. The number of anilines is 1. The number of amides is 1. The number of aryl methyl sites for hydroxylation is 1. The monoisotopic (exact) mass is 387 g/mol. The molecule has 1 saturated carbocycles. The molecule has 0 unspecified atom stereocenters. The number of nitrogens with one attached hydrogen (secondary N) is 1. The quantitative estimate of drug-likeness (QED) is 0.858. The van der Waals surface area contributed by atoms with Crippen LogP contribution in [0, 0.1) is 6.92 Å². The van der Waals surface area contributed by atoms with Gasteiger partial charge in [0.25, 0.3) is 0 Å². The fraction of sp³-hybridized carbons (Fsp3) is 0.316. The zero-order chi connectivity index (χ0) is 16.7. The van der Waals surface area contributed by atoms with E-state index in [-0.39, 0.29) is 5.91 Å². The largest absolute Gasteiger partial charge is 0.486 e. The van der Waals surface area contributed by atoms with E-state index in [1.807, 2.05) is 43.3 Å². The van der Waals surface area contributed by atoms with Gasteiger partial charge in [-0.25, -0.2) is 0 Å². The Morgan fingerprint density at radius 1 is 1.08 bits per heavy atom. The molecule has 0 aromatic heterocycles. The van der Waals surface area contributed by atoms with Crippen molar-refractivity contribution in [1.29, 1.82) is 0 Å². The maximum absolute atomic E-state index is 12.9. The lowest BCUT2D eigenvalue weighted by atomic mass is 9.94. The van der Waals surface area contributed by atoms with E-state index in [1.165, 1.54) is 0 Å². The highest BCUT2D eigenvalue weighted by Crippen LogP contribution is 2.51. The van der Waals surface area contributed by atoms with Crippen LogP contribution in [-0.2, 0) is 10.2 Å². The number of ether oxygens (including phenoxy) is 2. The standard InChI is InChI=1S/C19H18BrNO3/c1-12-2-4-15(14(20)10-12)21-18(22)19(6-7-19)13-3-5-16-17(11-13)24-9-8-23-16/h2-5,10-11H,6-9H2,1H3,(H,21,22). The summed E-state index contributed by atoms with van der Waals surface area (Å²) in [5.74, 6) is 1.51. The summed E-state index contributed by atoms with van der Waals surface area (Å²) in [6.07, 6.45) is 1.70. The molecular weight excluding hydrogens is 370 g/mol. The smallest absolute Gasteiger partial charge is 0.235 e. The Labute approximate surface area is 149 Å². The van der Waals surface area contributed by atoms with Crippen LogP contribution in [0.5, 0.6) is 11.5 Å². The Morgan fingerprint density at radius 3 is 2.54 bits per heavy atom. The molecule has 124 valence electrons. The first-order valence-corrected chi connectivity index (χ1v) is 8.85. The second kappa shape index (κ2) is 5.81. The number of carbonyl (C=O) groups is 1. The molecule has 0 spiro atoms. The molecule has 0 radical (unpaired) electrons. The Morgan fingerprint density at radius 2 is 1.83 bits per heavy atom. The van der Waals surface area contributed by atoms with Gasteiger partial charge >= 0.3 is 0 Å². The fourth-order valence-electron chi connectivity index (χ4n) is 3.08. The summed E-state index contributed by atoms with van der Waals surface area (Å²) in [5.41, 5.74) is 2.48. The minimum atomic E-state index is -0.458. The molecule has 1 heterocycles. The van der Waals surface area contributed by atoms with Gasteiger partial charge < -0.3 is 14.8 Å². The summed E-state index contributed by atoms with van der Waals surface area (Å²) in [4.78, 5) is 12.9. The Balaban J connectivity index is 1.59. The number of hydrogen-bond acceptors (Lipinski definition) is 3. The summed E-state index contributed by atoms with van der Waals surface area (Å²) in [6.45, 7) is 3.14. The Bertz CT molecular complexity index is 814. The molecule has 4 rings (SSSR count). The van der Waals surface area contributed by atoms with Crippen LogP contribution in [0.1, 0.15) is 24.0 Å². The molecule has 2 aromatic rings. The van der Waals surface area contributed by atoms with Gasteiger partial charge in [-0.2, -0.15) is 0 Å². The van der Waals surface area contributed by atoms with Crippen molar-refractivity contribution in [3.05, 3.63) is 52.0 Å². The molecule has 1 aliphatic carbocycles. The first-order chi connectivity index (χ1) is 11.6. The predicted molar refractivity (Wildman–Crippen MR) is 95.9 cm³/mol. The van der Waals surface area contributed by atoms with Crippen molar-refractivity contribution in [2.75, 3.05) is 18.5 Å². The minimum Gasteiger partial charge on any atom is -0.486 e. The van der Waals surface area contributed by atoms with Gasteiger partial charge in [0.1, 0.15) is 13.2 Å². The van der Waals surface area contributed by atoms with E-state index in [0.29, 0.717) is 13.2 Å². The van der Waals surface area contributed by atoms with Crippen molar-refractivity contribution in [2.45, 2.75) is 25.2 Å². The van der Waals surface area contributed by atoms with E-state index in [9.17, 15) is 4.79 Å². The summed E-state index contributed by atoms with van der Waals surface area (Å²) >= 11 is 3.52. The fourth-order valence-corrected chi connectivity index (χ4v) is 3.67. The van der Waals surface area contributed by atoms with Crippen molar-refractivity contribution >= 4 is 27.5 Å². The second-order valence-corrected chi connectivity index (χ2v) is 7.23. The van der Waals surface area contributed by atoms with Gasteiger partial charge in [-0.1, -0.05) is 12.1 Å². The van der Waals surface area contributed by atoms with Gasteiger partial charge in [0.05, 0.1) is 11.1 Å². The van der Waals surface area contributed by atoms with Gasteiger partial charge in [0.2, 0.25) is 5.91 Å². The number of rotatable bonds is 3. The number of halogens is 1. The van der Waals surface area contributed by atoms with Crippen LogP contribution < -0.4 is 14.8 Å². The van der Waals surface area contributed by atoms with Gasteiger partial charge in [-0.15, -0.1) is 0 Å². The third kappa shape index (κ3) is 2.67. The maximum atomic E-state index is 12.9. The highest BCUT2D eigenvalue weighted by Gasteiger charge is 2.51.